The maximum atomic E-state index is 4.39. The minimum atomic E-state index is 0. The van der Waals surface area contributed by atoms with Crippen LogP contribution in [-0.2, 0) is 12.6 Å². The average molecular weight is 278 g/mol. The standard InChI is InChI=1S/C6H15BS3.C2H6S.Na/c1-4-8-7(9-5-2)10-6-3;1-2-3;/h4-6H2,1-3H3;3H,2H2,1H3;/q;;+1/p-1. The van der Waals surface area contributed by atoms with Crippen molar-refractivity contribution in [1.29, 1.82) is 0 Å². The predicted molar refractivity (Wildman–Crippen MR) is 78.1 cm³/mol. The normalized spacial score (nSPS) is 8.36. The fourth-order valence-electron chi connectivity index (χ4n) is 0.553. The van der Waals surface area contributed by atoms with E-state index in [4.69, 9.17) is 0 Å². The minimum Gasteiger partial charge on any atom is -0.793 e. The fraction of sp³-hybridized carbons (Fsp3) is 1.00. The van der Waals surface area contributed by atoms with Crippen LogP contribution in [0.2, 0.25) is 0 Å². The molecule has 0 fully saturated rings. The summed E-state index contributed by atoms with van der Waals surface area (Å²) in [5.74, 6) is 4.56. The molecule has 0 aromatic rings. The van der Waals surface area contributed by atoms with Gasteiger partial charge < -0.3 is 12.6 Å². The zero-order chi connectivity index (χ0) is 10.5. The third kappa shape index (κ3) is 20.0. The zero-order valence-electron chi connectivity index (χ0n) is 10.0. The SMILES string of the molecule is CCSB(SCC)SCC.CC[S-].[Na+]. The Morgan fingerprint density at radius 1 is 0.857 bits per heavy atom. The molecule has 6 heteroatoms. The second-order valence-electron chi connectivity index (χ2n) is 1.94. The van der Waals surface area contributed by atoms with E-state index >= 15 is 0 Å². The summed E-state index contributed by atoms with van der Waals surface area (Å²) in [6.45, 7) is 8.62. The second-order valence-corrected chi connectivity index (χ2v) is 7.56. The molecule has 0 aliphatic heterocycles. The van der Waals surface area contributed by atoms with Crippen molar-refractivity contribution in [2.75, 3.05) is 23.0 Å². The number of hydrogen-bond acceptors (Lipinski definition) is 4. The van der Waals surface area contributed by atoms with Crippen LogP contribution < -0.4 is 29.6 Å². The van der Waals surface area contributed by atoms with Crippen LogP contribution in [-0.4, -0.2) is 27.6 Å². The van der Waals surface area contributed by atoms with Gasteiger partial charge in [-0.2, -0.15) is 40.6 Å². The summed E-state index contributed by atoms with van der Waals surface area (Å²) in [4.78, 5) is 0. The van der Waals surface area contributed by atoms with Crippen molar-refractivity contribution in [3.8, 4) is 0 Å². The molecule has 0 radical (unpaired) electrons. The molecule has 0 spiro atoms. The first kappa shape index (κ1) is 21.7. The summed E-state index contributed by atoms with van der Waals surface area (Å²) < 4.78 is 0.778. The largest absolute Gasteiger partial charge is 1.00 e. The Hall–Kier alpha value is 2.46. The van der Waals surface area contributed by atoms with Gasteiger partial charge in [0.05, 0.1) is 0 Å². The van der Waals surface area contributed by atoms with Crippen LogP contribution in [0.5, 0.6) is 0 Å². The van der Waals surface area contributed by atoms with Crippen LogP contribution in [0, 0.1) is 0 Å². The average Bonchev–Trinajstić information content (AvgIpc) is 2.07. The molecule has 0 rings (SSSR count). The van der Waals surface area contributed by atoms with Gasteiger partial charge in [0.25, 0.3) is 0 Å². The van der Waals surface area contributed by atoms with E-state index in [0.29, 0.717) is 0 Å². The Balaban J connectivity index is -0.000000267. The van der Waals surface area contributed by atoms with Crippen LogP contribution in [0.4, 0.5) is 0 Å². The molecule has 0 aliphatic rings. The molecule has 0 aliphatic carbocycles. The molecular formula is C8H20BNaS4. The van der Waals surface area contributed by atoms with Gasteiger partial charge in [0.15, 0.2) is 0 Å². The van der Waals surface area contributed by atoms with Gasteiger partial charge in [-0.3, -0.25) is 0 Å². The van der Waals surface area contributed by atoms with Gasteiger partial charge in [-0.25, -0.2) is 0 Å². The molecule has 0 saturated heterocycles. The van der Waals surface area contributed by atoms with E-state index in [-0.39, 0.29) is 29.6 Å². The van der Waals surface area contributed by atoms with Crippen molar-refractivity contribution >= 4 is 52.0 Å². The van der Waals surface area contributed by atoms with Crippen molar-refractivity contribution in [1.82, 2.24) is 0 Å². The molecule has 0 bridgehead atoms. The van der Waals surface area contributed by atoms with E-state index in [2.05, 4.69) is 68.2 Å². The molecule has 0 amide bonds. The monoisotopic (exact) mass is 278 g/mol. The molecule has 0 unspecified atom stereocenters. The summed E-state index contributed by atoms with van der Waals surface area (Å²) in [5.41, 5.74) is 0. The smallest absolute Gasteiger partial charge is 0.793 e. The zero-order valence-corrected chi connectivity index (χ0v) is 15.3. The third-order valence-corrected chi connectivity index (χ3v) is 5.17. The Morgan fingerprint density at radius 2 is 1.07 bits per heavy atom. The maximum absolute atomic E-state index is 4.39. The predicted octanol–water partition coefficient (Wildman–Crippen LogP) is 0.788. The van der Waals surface area contributed by atoms with Crippen LogP contribution in [0.25, 0.3) is 0 Å². The maximum Gasteiger partial charge on any atom is 1.00 e. The van der Waals surface area contributed by atoms with Gasteiger partial charge in [-0.1, -0.05) is 27.7 Å². The Kier molecular flexibility index (Phi) is 32.3. The van der Waals surface area contributed by atoms with E-state index in [1.165, 1.54) is 17.3 Å². The first-order chi connectivity index (χ1) is 6.26. The Morgan fingerprint density at radius 3 is 1.21 bits per heavy atom. The van der Waals surface area contributed by atoms with Gasteiger partial charge in [-0.15, -0.1) is 0 Å². The van der Waals surface area contributed by atoms with E-state index in [1.54, 1.807) is 0 Å². The van der Waals surface area contributed by atoms with E-state index in [0.717, 1.165) is 10.3 Å². The molecule has 0 saturated carbocycles. The molecule has 0 heterocycles. The molecular weight excluding hydrogens is 258 g/mol. The van der Waals surface area contributed by atoms with Crippen molar-refractivity contribution in [2.45, 2.75) is 27.7 Å². The first-order valence-electron chi connectivity index (χ1n) is 4.69. The van der Waals surface area contributed by atoms with Crippen LogP contribution >= 0.6 is 34.8 Å². The molecule has 14 heavy (non-hydrogen) atoms. The van der Waals surface area contributed by atoms with Gasteiger partial charge in [0, 0.05) is 0 Å². The first-order valence-corrected chi connectivity index (χ1v) is 8.41. The Labute approximate surface area is 131 Å². The molecule has 0 N–H and O–H groups in total. The van der Waals surface area contributed by atoms with Crippen molar-refractivity contribution in [3.05, 3.63) is 0 Å². The molecule has 0 atom stereocenters. The van der Waals surface area contributed by atoms with Gasteiger partial charge in [-0.05, 0) is 17.3 Å². The summed E-state index contributed by atoms with van der Waals surface area (Å²) in [6.07, 6.45) is 0. The van der Waals surface area contributed by atoms with Crippen molar-refractivity contribution < 1.29 is 29.6 Å². The second kappa shape index (κ2) is 20.8. The summed E-state index contributed by atoms with van der Waals surface area (Å²) >= 11 is 10.5. The van der Waals surface area contributed by atoms with E-state index in [1.807, 2.05) is 6.92 Å². The van der Waals surface area contributed by atoms with Gasteiger partial charge >= 0.3 is 34.1 Å². The van der Waals surface area contributed by atoms with E-state index in [9.17, 15) is 0 Å². The number of rotatable bonds is 6. The molecule has 0 nitrogen and oxygen atoms in total. The molecule has 0 aromatic heterocycles. The van der Waals surface area contributed by atoms with Crippen molar-refractivity contribution in [3.63, 3.8) is 0 Å². The summed E-state index contributed by atoms with van der Waals surface area (Å²) in [7, 11) is 0. The topological polar surface area (TPSA) is 0 Å². The Bertz CT molecular complexity index is 73.5. The third-order valence-electron chi connectivity index (χ3n) is 0.908. The molecule has 80 valence electrons. The van der Waals surface area contributed by atoms with Gasteiger partial charge in [0.2, 0.25) is 0 Å². The van der Waals surface area contributed by atoms with Crippen LogP contribution in [0.1, 0.15) is 27.7 Å². The fourth-order valence-corrected chi connectivity index (χ4v) is 4.97. The minimum absolute atomic E-state index is 0. The quantitative estimate of drug-likeness (QED) is 0.520. The van der Waals surface area contributed by atoms with Gasteiger partial charge in [0.1, 0.15) is 0 Å². The van der Waals surface area contributed by atoms with E-state index < -0.39 is 0 Å². The summed E-state index contributed by atoms with van der Waals surface area (Å²) in [5, 5.41) is 0. The summed E-state index contributed by atoms with van der Waals surface area (Å²) in [6, 6.07) is 0. The number of hydrogen-bond donors (Lipinski definition) is 0. The van der Waals surface area contributed by atoms with Crippen LogP contribution in [0.15, 0.2) is 0 Å². The van der Waals surface area contributed by atoms with Crippen molar-refractivity contribution in [2.24, 2.45) is 0 Å². The molecule has 0 aromatic carbocycles. The van der Waals surface area contributed by atoms with Crippen LogP contribution in [0.3, 0.4) is 0 Å².